The average Bonchev–Trinajstić information content (AvgIpc) is 2.12. The maximum atomic E-state index is 11.5. The maximum Gasteiger partial charge on any atom is 0.311 e. The summed E-state index contributed by atoms with van der Waals surface area (Å²) in [4.78, 5) is 11.5. The number of methoxy groups -OCH3 is 1. The molecule has 3 nitrogen and oxygen atoms in total. The minimum atomic E-state index is -0.148. The van der Waals surface area contributed by atoms with Crippen molar-refractivity contribution in [2.75, 3.05) is 7.11 Å². The molecule has 1 heterocycles. The molecule has 0 radical (unpaired) electrons. The van der Waals surface area contributed by atoms with Crippen molar-refractivity contribution in [3.8, 4) is 0 Å². The zero-order valence-electron chi connectivity index (χ0n) is 9.61. The molecule has 4 atom stereocenters. The summed E-state index contributed by atoms with van der Waals surface area (Å²) < 4.78 is 10.8. The number of hydrogen-bond acceptors (Lipinski definition) is 3. The summed E-state index contributed by atoms with van der Waals surface area (Å²) >= 11 is 0. The van der Waals surface area contributed by atoms with Crippen LogP contribution >= 0.6 is 0 Å². The van der Waals surface area contributed by atoms with E-state index in [9.17, 15) is 4.79 Å². The summed E-state index contributed by atoms with van der Waals surface area (Å²) in [5.74, 6) is 0.338. The Bertz CT molecular complexity index is 211. The molecule has 1 rings (SSSR count). The third kappa shape index (κ3) is 1.92. The Morgan fingerprint density at radius 2 is 1.93 bits per heavy atom. The van der Waals surface area contributed by atoms with E-state index in [0.29, 0.717) is 5.92 Å². The third-order valence-corrected chi connectivity index (χ3v) is 3.08. The smallest absolute Gasteiger partial charge is 0.311 e. The fraction of sp³-hybridized carbons (Fsp3) is 0.909. The highest BCUT2D eigenvalue weighted by Gasteiger charge is 2.42. The van der Waals surface area contributed by atoms with E-state index in [2.05, 4.69) is 20.8 Å². The standard InChI is InChI=1S/C11H20O3/c1-6(2)9-7(3)10(13-5)8(4)11(12)14-9/h6-10H,1-5H3/t7-,8+,9-,10-/m0/s1. The van der Waals surface area contributed by atoms with Gasteiger partial charge in [0.15, 0.2) is 0 Å². The normalized spacial score (nSPS) is 38.6. The third-order valence-electron chi connectivity index (χ3n) is 3.08. The summed E-state index contributed by atoms with van der Waals surface area (Å²) in [5, 5.41) is 0. The first-order valence-corrected chi connectivity index (χ1v) is 5.22. The lowest BCUT2D eigenvalue weighted by Gasteiger charge is -2.39. The van der Waals surface area contributed by atoms with Crippen LogP contribution in [0.5, 0.6) is 0 Å². The van der Waals surface area contributed by atoms with Crippen LogP contribution in [0.25, 0.3) is 0 Å². The van der Waals surface area contributed by atoms with Crippen LogP contribution in [0.2, 0.25) is 0 Å². The highest BCUT2D eigenvalue weighted by molar-refractivity contribution is 5.73. The second kappa shape index (κ2) is 4.30. The molecule has 0 aromatic heterocycles. The zero-order valence-corrected chi connectivity index (χ0v) is 9.61. The second-order valence-corrected chi connectivity index (χ2v) is 4.49. The highest BCUT2D eigenvalue weighted by Crippen LogP contribution is 2.31. The molecule has 1 aliphatic heterocycles. The molecule has 3 heteroatoms. The fourth-order valence-electron chi connectivity index (χ4n) is 2.29. The van der Waals surface area contributed by atoms with Gasteiger partial charge in [-0.05, 0) is 12.8 Å². The van der Waals surface area contributed by atoms with Crippen molar-refractivity contribution in [1.29, 1.82) is 0 Å². The van der Waals surface area contributed by atoms with Crippen LogP contribution in [0.4, 0.5) is 0 Å². The van der Waals surface area contributed by atoms with E-state index in [4.69, 9.17) is 9.47 Å². The molecular formula is C11H20O3. The van der Waals surface area contributed by atoms with Crippen LogP contribution < -0.4 is 0 Å². The van der Waals surface area contributed by atoms with Gasteiger partial charge in [-0.15, -0.1) is 0 Å². The molecule has 14 heavy (non-hydrogen) atoms. The van der Waals surface area contributed by atoms with Crippen molar-refractivity contribution in [2.45, 2.75) is 39.9 Å². The number of carbonyl (C=O) groups excluding carboxylic acids is 1. The van der Waals surface area contributed by atoms with Gasteiger partial charge >= 0.3 is 5.97 Å². The van der Waals surface area contributed by atoms with Gasteiger partial charge in [-0.25, -0.2) is 0 Å². The lowest BCUT2D eigenvalue weighted by atomic mass is 9.82. The van der Waals surface area contributed by atoms with Crippen molar-refractivity contribution < 1.29 is 14.3 Å². The second-order valence-electron chi connectivity index (χ2n) is 4.49. The Morgan fingerprint density at radius 3 is 2.36 bits per heavy atom. The number of hydrogen-bond donors (Lipinski definition) is 0. The molecule has 0 N–H and O–H groups in total. The first kappa shape index (κ1) is 11.5. The van der Waals surface area contributed by atoms with Crippen LogP contribution in [0.3, 0.4) is 0 Å². The molecule has 0 bridgehead atoms. The Labute approximate surface area is 85.8 Å². The van der Waals surface area contributed by atoms with Crippen molar-refractivity contribution in [1.82, 2.24) is 0 Å². The largest absolute Gasteiger partial charge is 0.461 e. The first-order chi connectivity index (χ1) is 6.49. The molecule has 1 saturated heterocycles. The Balaban J connectivity index is 2.81. The summed E-state index contributed by atoms with van der Waals surface area (Å²) in [6.45, 7) is 8.08. The highest BCUT2D eigenvalue weighted by atomic mass is 16.6. The molecule has 1 fully saturated rings. The van der Waals surface area contributed by atoms with Gasteiger partial charge in [-0.3, -0.25) is 4.79 Å². The molecular weight excluding hydrogens is 180 g/mol. The molecule has 0 aromatic carbocycles. The fourth-order valence-corrected chi connectivity index (χ4v) is 2.29. The van der Waals surface area contributed by atoms with E-state index < -0.39 is 0 Å². The van der Waals surface area contributed by atoms with E-state index in [-0.39, 0.29) is 30.0 Å². The Hall–Kier alpha value is -0.570. The van der Waals surface area contributed by atoms with Crippen molar-refractivity contribution >= 4 is 5.97 Å². The van der Waals surface area contributed by atoms with Gasteiger partial charge in [0.25, 0.3) is 0 Å². The predicted octanol–water partition coefficient (Wildman–Crippen LogP) is 1.85. The SMILES string of the molecule is CO[C@H]1[C@@H](C)[C@H](C(C)C)OC(=O)[C@@H]1C. The Kier molecular flexibility index (Phi) is 3.53. The maximum absolute atomic E-state index is 11.5. The van der Waals surface area contributed by atoms with Gasteiger partial charge in [0.2, 0.25) is 0 Å². The van der Waals surface area contributed by atoms with E-state index in [1.54, 1.807) is 7.11 Å². The lowest BCUT2D eigenvalue weighted by molar-refractivity contribution is -0.184. The van der Waals surface area contributed by atoms with Gasteiger partial charge in [0, 0.05) is 13.0 Å². The number of esters is 1. The zero-order chi connectivity index (χ0) is 10.9. The van der Waals surface area contributed by atoms with Gasteiger partial charge in [0.1, 0.15) is 6.10 Å². The van der Waals surface area contributed by atoms with Gasteiger partial charge < -0.3 is 9.47 Å². The molecule has 0 aromatic rings. The monoisotopic (exact) mass is 200 g/mol. The predicted molar refractivity (Wildman–Crippen MR) is 53.8 cm³/mol. The van der Waals surface area contributed by atoms with Crippen LogP contribution in [-0.2, 0) is 14.3 Å². The Morgan fingerprint density at radius 1 is 1.36 bits per heavy atom. The average molecular weight is 200 g/mol. The number of carbonyl (C=O) groups is 1. The summed E-state index contributed by atoms with van der Waals surface area (Å²) in [6.07, 6.45) is -0.0210. The summed E-state index contributed by atoms with van der Waals surface area (Å²) in [5.41, 5.74) is 0. The first-order valence-electron chi connectivity index (χ1n) is 5.22. The number of rotatable bonds is 2. The molecule has 0 unspecified atom stereocenters. The van der Waals surface area contributed by atoms with Crippen molar-refractivity contribution in [3.63, 3.8) is 0 Å². The van der Waals surface area contributed by atoms with Crippen LogP contribution in [0.15, 0.2) is 0 Å². The molecule has 82 valence electrons. The van der Waals surface area contributed by atoms with E-state index >= 15 is 0 Å². The topological polar surface area (TPSA) is 35.5 Å². The molecule has 0 saturated carbocycles. The minimum absolute atomic E-state index is 0.0105. The van der Waals surface area contributed by atoms with E-state index in [1.807, 2.05) is 6.92 Å². The van der Waals surface area contributed by atoms with Crippen molar-refractivity contribution in [3.05, 3.63) is 0 Å². The summed E-state index contributed by atoms with van der Waals surface area (Å²) in [7, 11) is 1.66. The molecule has 0 aliphatic carbocycles. The summed E-state index contributed by atoms with van der Waals surface area (Å²) in [6, 6.07) is 0. The van der Waals surface area contributed by atoms with Crippen LogP contribution in [-0.4, -0.2) is 25.3 Å². The van der Waals surface area contributed by atoms with E-state index in [0.717, 1.165) is 0 Å². The molecule has 0 amide bonds. The lowest BCUT2D eigenvalue weighted by Crippen LogP contribution is -2.49. The quantitative estimate of drug-likeness (QED) is 0.638. The molecule has 1 aliphatic rings. The van der Waals surface area contributed by atoms with Gasteiger partial charge in [0.05, 0.1) is 12.0 Å². The van der Waals surface area contributed by atoms with Crippen LogP contribution in [0, 0.1) is 17.8 Å². The van der Waals surface area contributed by atoms with Gasteiger partial charge in [-0.2, -0.15) is 0 Å². The van der Waals surface area contributed by atoms with Crippen molar-refractivity contribution in [2.24, 2.45) is 17.8 Å². The number of ether oxygens (including phenoxy) is 2. The van der Waals surface area contributed by atoms with Gasteiger partial charge in [-0.1, -0.05) is 20.8 Å². The van der Waals surface area contributed by atoms with Crippen LogP contribution in [0.1, 0.15) is 27.7 Å². The molecule has 0 spiro atoms. The minimum Gasteiger partial charge on any atom is -0.461 e. The van der Waals surface area contributed by atoms with E-state index in [1.165, 1.54) is 0 Å². The number of cyclic esters (lactones) is 1.